The second-order valence-electron chi connectivity index (χ2n) is 5.17. The predicted molar refractivity (Wildman–Crippen MR) is 81.8 cm³/mol. The van der Waals surface area contributed by atoms with Crippen LogP contribution in [0.1, 0.15) is 46.7 Å². The van der Waals surface area contributed by atoms with Crippen molar-refractivity contribution in [2.24, 2.45) is 0 Å². The molecular weight excluding hydrogens is 345 g/mol. The van der Waals surface area contributed by atoms with Crippen LogP contribution < -0.4 is 9.41 Å². The molecule has 0 atom stereocenters. The number of hydrogen-bond acceptors (Lipinski definition) is 0. The molecule has 0 bridgehead atoms. The molecule has 0 aromatic heterocycles. The van der Waals surface area contributed by atoms with Crippen LogP contribution in [0.3, 0.4) is 0 Å². The molecule has 0 nitrogen and oxygen atoms in total. The Bertz CT molecular complexity index is 401. The van der Waals surface area contributed by atoms with Gasteiger partial charge in [-0.05, 0) is 0 Å². The van der Waals surface area contributed by atoms with E-state index in [0.717, 1.165) is 0 Å². The Balaban J connectivity index is -0.000000274. The standard InChI is InChI=1S/C10H15.C8H11.2FH.Zr/c1-6-7(2)9(4)10(5)8(6)3;1-2-5-8-6-3-4-7-8;;;/h1-5H3;3-4,6-7H,2,5H2,1H3;2*1H;/q2*-1;;;+4/p-2. The summed E-state index contributed by atoms with van der Waals surface area (Å²) in [5.74, 6) is 0. The van der Waals surface area contributed by atoms with Crippen LogP contribution in [0.5, 0.6) is 0 Å². The summed E-state index contributed by atoms with van der Waals surface area (Å²) in [6, 6.07) is 8.52. The Morgan fingerprint density at radius 2 is 1.24 bits per heavy atom. The maximum atomic E-state index is 2.20. The summed E-state index contributed by atoms with van der Waals surface area (Å²) in [4.78, 5) is 0. The van der Waals surface area contributed by atoms with E-state index < -0.39 is 0 Å². The number of aryl methyl sites for hydroxylation is 1. The first kappa shape index (κ1) is 25.4. The number of rotatable bonds is 2. The molecule has 2 aromatic rings. The molecule has 0 unspecified atom stereocenters. The van der Waals surface area contributed by atoms with Gasteiger partial charge >= 0.3 is 26.2 Å². The van der Waals surface area contributed by atoms with E-state index in [1.165, 1.54) is 46.2 Å². The van der Waals surface area contributed by atoms with Crippen molar-refractivity contribution >= 4 is 0 Å². The van der Waals surface area contributed by atoms with Crippen molar-refractivity contribution in [1.29, 1.82) is 0 Å². The first-order chi connectivity index (χ1) is 8.49. The SMILES string of the molecule is CCC[c-]1cccc1.Cc1c(C)c(C)[c-](C)c1C.[F-].[F-].[Zr+4]. The van der Waals surface area contributed by atoms with E-state index in [4.69, 9.17) is 0 Å². The molecule has 0 saturated heterocycles. The molecule has 0 aliphatic rings. The van der Waals surface area contributed by atoms with E-state index >= 15 is 0 Å². The smallest absolute Gasteiger partial charge is 1.00 e. The number of hydrogen-bond donors (Lipinski definition) is 0. The second-order valence-corrected chi connectivity index (χ2v) is 5.17. The number of halogens is 2. The largest absolute Gasteiger partial charge is 4.00 e. The van der Waals surface area contributed by atoms with Gasteiger partial charge in [0.25, 0.3) is 0 Å². The fourth-order valence-electron chi connectivity index (χ4n) is 2.28. The maximum Gasteiger partial charge on any atom is 4.00 e. The Hall–Kier alpha value is -0.557. The van der Waals surface area contributed by atoms with Gasteiger partial charge in [-0.1, -0.05) is 54.4 Å². The fraction of sp³-hybridized carbons (Fsp3) is 0.444. The minimum atomic E-state index is 0. The predicted octanol–water partition coefficient (Wildman–Crippen LogP) is -0.689. The van der Waals surface area contributed by atoms with Crippen LogP contribution in [0.2, 0.25) is 0 Å². The van der Waals surface area contributed by atoms with Gasteiger partial charge in [-0.25, -0.2) is 12.1 Å². The summed E-state index contributed by atoms with van der Waals surface area (Å²) in [7, 11) is 0. The quantitative estimate of drug-likeness (QED) is 0.613. The van der Waals surface area contributed by atoms with Crippen LogP contribution >= 0.6 is 0 Å². The summed E-state index contributed by atoms with van der Waals surface area (Å²) >= 11 is 0. The molecule has 0 amide bonds. The van der Waals surface area contributed by atoms with Crippen LogP contribution in [0.4, 0.5) is 0 Å². The molecular formula is C18H26F2Zr. The molecule has 2 rings (SSSR count). The van der Waals surface area contributed by atoms with Gasteiger partial charge in [-0.15, -0.1) is 0 Å². The molecule has 3 heteroatoms. The van der Waals surface area contributed by atoms with Gasteiger partial charge in [0.15, 0.2) is 0 Å². The third-order valence-electron chi connectivity index (χ3n) is 4.08. The van der Waals surface area contributed by atoms with Crippen LogP contribution in [-0.2, 0) is 32.6 Å². The van der Waals surface area contributed by atoms with Gasteiger partial charge in [0.05, 0.1) is 0 Å². The normalized spacial score (nSPS) is 8.67. The first-order valence-corrected chi connectivity index (χ1v) is 6.89. The Labute approximate surface area is 147 Å². The van der Waals surface area contributed by atoms with E-state index in [1.807, 2.05) is 0 Å². The van der Waals surface area contributed by atoms with Crippen molar-refractivity contribution in [3.8, 4) is 0 Å². The van der Waals surface area contributed by atoms with Crippen LogP contribution in [0.15, 0.2) is 24.3 Å². The van der Waals surface area contributed by atoms with E-state index in [0.29, 0.717) is 0 Å². The Morgan fingerprint density at radius 1 is 0.857 bits per heavy atom. The van der Waals surface area contributed by atoms with Crippen molar-refractivity contribution in [1.82, 2.24) is 0 Å². The Morgan fingerprint density at radius 3 is 1.48 bits per heavy atom. The molecule has 0 spiro atoms. The third-order valence-corrected chi connectivity index (χ3v) is 4.08. The zero-order valence-electron chi connectivity index (χ0n) is 14.0. The second kappa shape index (κ2) is 12.0. The van der Waals surface area contributed by atoms with Crippen molar-refractivity contribution in [3.05, 3.63) is 57.6 Å². The van der Waals surface area contributed by atoms with Crippen molar-refractivity contribution in [2.75, 3.05) is 0 Å². The van der Waals surface area contributed by atoms with Crippen LogP contribution in [-0.4, -0.2) is 0 Å². The summed E-state index contributed by atoms with van der Waals surface area (Å²) in [6.07, 6.45) is 2.48. The monoisotopic (exact) mass is 370 g/mol. The maximum absolute atomic E-state index is 2.20. The summed E-state index contributed by atoms with van der Waals surface area (Å²) in [5.41, 5.74) is 8.80. The van der Waals surface area contributed by atoms with E-state index in [9.17, 15) is 0 Å². The average Bonchev–Trinajstić information content (AvgIpc) is 2.93. The Kier molecular flexibility index (Phi) is 14.6. The summed E-state index contributed by atoms with van der Waals surface area (Å²) < 4.78 is 0. The van der Waals surface area contributed by atoms with Gasteiger partial charge < -0.3 is 9.41 Å². The van der Waals surface area contributed by atoms with Gasteiger partial charge in [0, 0.05) is 0 Å². The minimum Gasteiger partial charge on any atom is -1.00 e. The van der Waals surface area contributed by atoms with Crippen LogP contribution in [0.25, 0.3) is 0 Å². The molecule has 21 heavy (non-hydrogen) atoms. The molecule has 0 N–H and O–H groups in total. The van der Waals surface area contributed by atoms with E-state index in [1.54, 1.807) is 0 Å². The van der Waals surface area contributed by atoms with Gasteiger partial charge in [0.1, 0.15) is 0 Å². The first-order valence-electron chi connectivity index (χ1n) is 6.89. The fourth-order valence-corrected chi connectivity index (χ4v) is 2.28. The molecule has 0 radical (unpaired) electrons. The zero-order chi connectivity index (χ0) is 13.7. The molecule has 116 valence electrons. The van der Waals surface area contributed by atoms with Gasteiger partial charge in [-0.2, -0.15) is 45.5 Å². The molecule has 0 aliphatic heterocycles. The van der Waals surface area contributed by atoms with Gasteiger partial charge in [-0.3, -0.25) is 0 Å². The third kappa shape index (κ3) is 6.82. The van der Waals surface area contributed by atoms with Gasteiger partial charge in [0.2, 0.25) is 0 Å². The minimum absolute atomic E-state index is 0. The van der Waals surface area contributed by atoms with Crippen molar-refractivity contribution in [3.63, 3.8) is 0 Å². The van der Waals surface area contributed by atoms with Crippen LogP contribution in [0, 0.1) is 34.6 Å². The molecule has 0 aliphatic carbocycles. The van der Waals surface area contributed by atoms with Crippen molar-refractivity contribution < 1.29 is 35.6 Å². The molecule has 0 fully saturated rings. The zero-order valence-corrected chi connectivity index (χ0v) is 16.4. The van der Waals surface area contributed by atoms with E-state index in [2.05, 4.69) is 65.8 Å². The summed E-state index contributed by atoms with van der Waals surface area (Å²) in [5, 5.41) is 0. The molecule has 0 saturated carbocycles. The van der Waals surface area contributed by atoms with E-state index in [-0.39, 0.29) is 35.6 Å². The van der Waals surface area contributed by atoms with Crippen molar-refractivity contribution in [2.45, 2.75) is 54.4 Å². The topological polar surface area (TPSA) is 0 Å². The average molecular weight is 372 g/mol. The molecule has 2 aromatic carbocycles. The molecule has 0 heterocycles. The summed E-state index contributed by atoms with van der Waals surface area (Å²) in [6.45, 7) is 13.2.